The van der Waals surface area contributed by atoms with Gasteiger partial charge in [0, 0.05) is 5.75 Å². The van der Waals surface area contributed by atoms with Gasteiger partial charge in [0.05, 0.1) is 0 Å². The molecule has 0 aliphatic rings. The van der Waals surface area contributed by atoms with Crippen molar-refractivity contribution in [2.45, 2.75) is 13.3 Å². The Kier molecular flexibility index (Phi) is 3.89. The molecule has 0 rings (SSSR count). The van der Waals surface area contributed by atoms with E-state index in [-0.39, 0.29) is 0 Å². The molecule has 0 spiro atoms. The van der Waals surface area contributed by atoms with E-state index in [2.05, 4.69) is 0 Å². The zero-order valence-electron chi connectivity index (χ0n) is 4.14. The van der Waals surface area contributed by atoms with Crippen molar-refractivity contribution in [3.63, 3.8) is 0 Å². The molecule has 7 heavy (non-hydrogen) atoms. The van der Waals surface area contributed by atoms with Gasteiger partial charge in [-0.15, -0.1) is 0 Å². The van der Waals surface area contributed by atoms with Gasteiger partial charge in [0.2, 0.25) is 0 Å². The van der Waals surface area contributed by atoms with Crippen LogP contribution in [0.2, 0.25) is 0 Å². The van der Waals surface area contributed by atoms with Crippen LogP contribution in [-0.2, 0) is 5.11 Å². The molecule has 0 fully saturated rings. The third kappa shape index (κ3) is 5.82. The SMILES string of the molecule is CCCSC([O])=O. The third-order valence-corrected chi connectivity index (χ3v) is 1.27. The Hall–Kier alpha value is -0.180. The lowest BCUT2D eigenvalue weighted by Crippen LogP contribution is -1.81. The van der Waals surface area contributed by atoms with E-state index in [4.69, 9.17) is 0 Å². The molecular weight excluding hydrogens is 112 g/mol. The molecule has 3 heteroatoms. The molecule has 0 heterocycles. The van der Waals surface area contributed by atoms with E-state index in [9.17, 15) is 9.90 Å². The minimum absolute atomic E-state index is 0.655. The summed E-state index contributed by atoms with van der Waals surface area (Å²) in [6.07, 6.45) is 0.888. The van der Waals surface area contributed by atoms with Crippen molar-refractivity contribution in [3.05, 3.63) is 0 Å². The van der Waals surface area contributed by atoms with Gasteiger partial charge in [-0.05, 0) is 18.2 Å². The molecule has 0 bridgehead atoms. The first-order chi connectivity index (χ1) is 3.27. The Bertz CT molecular complexity index is 62.7. The van der Waals surface area contributed by atoms with E-state index in [1.807, 2.05) is 6.92 Å². The van der Waals surface area contributed by atoms with E-state index in [1.165, 1.54) is 0 Å². The first-order valence-corrected chi connectivity index (χ1v) is 3.09. The van der Waals surface area contributed by atoms with Crippen LogP contribution < -0.4 is 0 Å². The lowest BCUT2D eigenvalue weighted by atomic mass is 10.6. The van der Waals surface area contributed by atoms with Gasteiger partial charge < -0.3 is 0 Å². The average molecular weight is 119 g/mol. The number of carbonyl (C=O) groups is 1. The number of hydrogen-bond donors (Lipinski definition) is 0. The summed E-state index contributed by atoms with van der Waals surface area (Å²) in [5.74, 6) is 0.655. The fourth-order valence-corrected chi connectivity index (χ4v) is 0.556. The summed E-state index contributed by atoms with van der Waals surface area (Å²) in [6.45, 7) is 1.93. The van der Waals surface area contributed by atoms with Crippen molar-refractivity contribution in [1.29, 1.82) is 0 Å². The molecule has 0 saturated carbocycles. The summed E-state index contributed by atoms with van der Waals surface area (Å²) >= 11 is 0.837. The highest BCUT2D eigenvalue weighted by Gasteiger charge is 1.94. The highest BCUT2D eigenvalue weighted by Crippen LogP contribution is 2.01. The van der Waals surface area contributed by atoms with E-state index in [0.717, 1.165) is 18.2 Å². The molecule has 1 radical (unpaired) electrons. The standard InChI is InChI=1S/C4H7O2S/c1-2-3-7-4(5)6/h2-3H2,1H3. The summed E-state index contributed by atoms with van der Waals surface area (Å²) in [5, 5.41) is 8.58. The Morgan fingerprint density at radius 3 is 2.43 bits per heavy atom. The second-order valence-corrected chi connectivity index (χ2v) is 2.13. The fraction of sp³-hybridized carbons (Fsp3) is 0.750. The Balaban J connectivity index is 2.82. The molecule has 0 unspecified atom stereocenters. The van der Waals surface area contributed by atoms with E-state index in [1.54, 1.807) is 0 Å². The van der Waals surface area contributed by atoms with Crippen molar-refractivity contribution >= 4 is 17.1 Å². The van der Waals surface area contributed by atoms with E-state index < -0.39 is 5.30 Å². The Morgan fingerprint density at radius 2 is 2.29 bits per heavy atom. The number of carbonyl (C=O) groups excluding carboxylic acids is 1. The summed E-state index contributed by atoms with van der Waals surface area (Å²) in [7, 11) is 0. The highest BCUT2D eigenvalue weighted by atomic mass is 32.2. The number of hydrogen-bond acceptors (Lipinski definition) is 2. The van der Waals surface area contributed by atoms with E-state index >= 15 is 0 Å². The quantitative estimate of drug-likeness (QED) is 0.554. The molecule has 0 atom stereocenters. The van der Waals surface area contributed by atoms with Gasteiger partial charge in [0.25, 0.3) is 0 Å². The highest BCUT2D eigenvalue weighted by molar-refractivity contribution is 8.13. The molecule has 0 aliphatic carbocycles. The normalized spacial score (nSPS) is 8.71. The minimum Gasteiger partial charge on any atom is -0.234 e. The van der Waals surface area contributed by atoms with Gasteiger partial charge in [-0.3, -0.25) is 0 Å². The maximum absolute atomic E-state index is 9.61. The second kappa shape index (κ2) is 3.99. The third-order valence-electron chi connectivity index (χ3n) is 0.424. The summed E-state index contributed by atoms with van der Waals surface area (Å²) in [5.41, 5.74) is 0. The molecule has 2 nitrogen and oxygen atoms in total. The maximum atomic E-state index is 9.61. The van der Waals surface area contributed by atoms with Crippen molar-refractivity contribution in [2.24, 2.45) is 0 Å². The first kappa shape index (κ1) is 6.82. The van der Waals surface area contributed by atoms with Gasteiger partial charge in [-0.2, -0.15) is 0 Å². The van der Waals surface area contributed by atoms with Crippen molar-refractivity contribution < 1.29 is 9.90 Å². The Labute approximate surface area is 46.9 Å². The number of thioether (sulfide) groups is 1. The van der Waals surface area contributed by atoms with Crippen molar-refractivity contribution in [3.8, 4) is 0 Å². The van der Waals surface area contributed by atoms with E-state index in [0.29, 0.717) is 5.75 Å². The van der Waals surface area contributed by atoms with Crippen LogP contribution >= 0.6 is 11.8 Å². The molecule has 0 aromatic carbocycles. The molecule has 0 saturated heterocycles. The van der Waals surface area contributed by atoms with Crippen LogP contribution in [0.15, 0.2) is 0 Å². The maximum Gasteiger partial charge on any atom is 0.413 e. The lowest BCUT2D eigenvalue weighted by molar-refractivity contribution is 0.199. The van der Waals surface area contributed by atoms with Gasteiger partial charge in [-0.25, -0.2) is 9.90 Å². The lowest BCUT2D eigenvalue weighted by Gasteiger charge is -1.82. The zero-order chi connectivity index (χ0) is 5.70. The van der Waals surface area contributed by atoms with Crippen molar-refractivity contribution in [2.75, 3.05) is 5.75 Å². The first-order valence-electron chi connectivity index (χ1n) is 2.11. The average Bonchev–Trinajstić information content (AvgIpc) is 1.61. The van der Waals surface area contributed by atoms with Crippen LogP contribution in [0.25, 0.3) is 0 Å². The minimum atomic E-state index is -1.03. The predicted octanol–water partition coefficient (Wildman–Crippen LogP) is 1.68. The van der Waals surface area contributed by atoms with Crippen molar-refractivity contribution in [1.82, 2.24) is 0 Å². The van der Waals surface area contributed by atoms with Crippen LogP contribution in [-0.4, -0.2) is 11.1 Å². The van der Waals surface area contributed by atoms with Gasteiger partial charge in [-0.1, -0.05) is 6.92 Å². The van der Waals surface area contributed by atoms with Gasteiger partial charge in [0.1, 0.15) is 0 Å². The van der Waals surface area contributed by atoms with Gasteiger partial charge in [0.15, 0.2) is 0 Å². The van der Waals surface area contributed by atoms with Crippen LogP contribution in [0.5, 0.6) is 0 Å². The molecule has 0 amide bonds. The van der Waals surface area contributed by atoms with Crippen LogP contribution in [0.1, 0.15) is 13.3 Å². The summed E-state index contributed by atoms with van der Waals surface area (Å²) in [4.78, 5) is 9.61. The monoisotopic (exact) mass is 119 g/mol. The number of rotatable bonds is 2. The molecule has 0 aliphatic heterocycles. The second-order valence-electron chi connectivity index (χ2n) is 1.10. The molecule has 41 valence electrons. The molecular formula is C4H7O2S. The molecule has 0 aromatic heterocycles. The summed E-state index contributed by atoms with van der Waals surface area (Å²) < 4.78 is 0. The predicted molar refractivity (Wildman–Crippen MR) is 28.8 cm³/mol. The molecule has 0 N–H and O–H groups in total. The summed E-state index contributed by atoms with van der Waals surface area (Å²) in [6, 6.07) is 0. The fourth-order valence-electron chi connectivity index (χ4n) is 0.185. The largest absolute Gasteiger partial charge is 0.413 e. The smallest absolute Gasteiger partial charge is 0.234 e. The van der Waals surface area contributed by atoms with Crippen LogP contribution in [0.3, 0.4) is 0 Å². The Morgan fingerprint density at radius 1 is 1.71 bits per heavy atom. The topological polar surface area (TPSA) is 37.0 Å². The van der Waals surface area contributed by atoms with Crippen LogP contribution in [0.4, 0.5) is 4.79 Å². The van der Waals surface area contributed by atoms with Gasteiger partial charge >= 0.3 is 5.30 Å². The molecule has 0 aromatic rings. The van der Waals surface area contributed by atoms with Crippen LogP contribution in [0, 0.1) is 0 Å². The zero-order valence-corrected chi connectivity index (χ0v) is 4.96.